The Morgan fingerprint density at radius 1 is 1.17 bits per heavy atom. The van der Waals surface area contributed by atoms with Gasteiger partial charge in [-0.3, -0.25) is 9.59 Å². The van der Waals surface area contributed by atoms with Gasteiger partial charge in [-0.05, 0) is 24.1 Å². The maximum absolute atomic E-state index is 12.9. The molecule has 2 amide bonds. The molecule has 29 heavy (non-hydrogen) atoms. The molecule has 0 aliphatic carbocycles. The summed E-state index contributed by atoms with van der Waals surface area (Å²) in [6.07, 6.45) is -3.86. The summed E-state index contributed by atoms with van der Waals surface area (Å²) in [6.45, 7) is 0. The summed E-state index contributed by atoms with van der Waals surface area (Å²) in [5.74, 6) is -0.555. The molecule has 4 rings (SSSR count). The number of halogens is 3. The Morgan fingerprint density at radius 2 is 1.93 bits per heavy atom. The van der Waals surface area contributed by atoms with E-state index in [1.165, 1.54) is 12.1 Å². The standard InChI is InChI=1S/C20H17F3N2O3S/c21-20(22,23)28-15-8-4-7-14(11-15)24-18(27)16-12-29-19(10-9-17(26)25(16)19)13-5-2-1-3-6-13/h1-8,11,16H,9-10,12H2,(H,24,27)/t16-,19-/m1/s1. The van der Waals surface area contributed by atoms with E-state index < -0.39 is 28.9 Å². The molecule has 2 aliphatic rings. The maximum Gasteiger partial charge on any atom is 0.573 e. The van der Waals surface area contributed by atoms with Gasteiger partial charge in [0.2, 0.25) is 11.8 Å². The molecule has 2 heterocycles. The topological polar surface area (TPSA) is 58.6 Å². The number of benzene rings is 2. The van der Waals surface area contributed by atoms with Gasteiger partial charge in [0.05, 0.1) is 0 Å². The smallest absolute Gasteiger partial charge is 0.406 e. The van der Waals surface area contributed by atoms with Crippen LogP contribution in [0.15, 0.2) is 54.6 Å². The van der Waals surface area contributed by atoms with Crippen LogP contribution in [0, 0.1) is 0 Å². The molecular weight excluding hydrogens is 405 g/mol. The number of thioether (sulfide) groups is 1. The van der Waals surface area contributed by atoms with Gasteiger partial charge in [0.15, 0.2) is 0 Å². The van der Waals surface area contributed by atoms with E-state index in [0.29, 0.717) is 18.6 Å². The summed E-state index contributed by atoms with van der Waals surface area (Å²) in [6, 6.07) is 13.9. The van der Waals surface area contributed by atoms with Gasteiger partial charge >= 0.3 is 6.36 Å². The highest BCUT2D eigenvalue weighted by Crippen LogP contribution is 2.54. The summed E-state index contributed by atoms with van der Waals surface area (Å²) < 4.78 is 41.1. The quantitative estimate of drug-likeness (QED) is 0.806. The number of alkyl halides is 3. The molecule has 0 spiro atoms. The molecule has 0 bridgehead atoms. The van der Waals surface area contributed by atoms with Crippen molar-refractivity contribution < 1.29 is 27.5 Å². The van der Waals surface area contributed by atoms with E-state index in [1.54, 1.807) is 16.7 Å². The zero-order valence-electron chi connectivity index (χ0n) is 15.1. The molecule has 2 atom stereocenters. The normalized spacial score (nSPS) is 23.8. The van der Waals surface area contributed by atoms with Crippen molar-refractivity contribution in [2.24, 2.45) is 0 Å². The molecule has 2 aromatic rings. The lowest BCUT2D eigenvalue weighted by Crippen LogP contribution is -2.48. The summed E-state index contributed by atoms with van der Waals surface area (Å²) >= 11 is 1.55. The molecule has 152 valence electrons. The van der Waals surface area contributed by atoms with Gasteiger partial charge in [0.1, 0.15) is 16.7 Å². The van der Waals surface area contributed by atoms with Crippen LogP contribution in [0.25, 0.3) is 0 Å². The molecular formula is C20H17F3N2O3S. The molecule has 2 aliphatic heterocycles. The van der Waals surface area contributed by atoms with Crippen molar-refractivity contribution in [3.05, 3.63) is 60.2 Å². The third-order valence-corrected chi connectivity index (χ3v) is 6.59. The largest absolute Gasteiger partial charge is 0.573 e. The SMILES string of the molecule is O=C(Nc1cccc(OC(F)(F)F)c1)[C@H]1CS[C@@]2(c3ccccc3)CCC(=O)N12. The third kappa shape index (κ3) is 3.78. The Kier molecular flexibility index (Phi) is 4.94. The number of hydrogen-bond acceptors (Lipinski definition) is 4. The van der Waals surface area contributed by atoms with Gasteiger partial charge in [-0.25, -0.2) is 0 Å². The zero-order valence-corrected chi connectivity index (χ0v) is 15.9. The predicted molar refractivity (Wildman–Crippen MR) is 102 cm³/mol. The Morgan fingerprint density at radius 3 is 2.66 bits per heavy atom. The Balaban J connectivity index is 1.54. The second-order valence-electron chi connectivity index (χ2n) is 6.81. The average molecular weight is 422 g/mol. The van der Waals surface area contributed by atoms with Crippen molar-refractivity contribution in [2.45, 2.75) is 30.1 Å². The molecule has 5 nitrogen and oxygen atoms in total. The van der Waals surface area contributed by atoms with Crippen molar-refractivity contribution >= 4 is 29.3 Å². The highest BCUT2D eigenvalue weighted by atomic mass is 32.2. The summed E-state index contributed by atoms with van der Waals surface area (Å²) in [5.41, 5.74) is 1.14. The fraction of sp³-hybridized carbons (Fsp3) is 0.300. The van der Waals surface area contributed by atoms with E-state index >= 15 is 0 Å². The van der Waals surface area contributed by atoms with Gasteiger partial charge in [-0.2, -0.15) is 0 Å². The lowest BCUT2D eigenvalue weighted by atomic mass is 10.0. The minimum Gasteiger partial charge on any atom is -0.406 e. The van der Waals surface area contributed by atoms with Crippen LogP contribution in [-0.4, -0.2) is 34.9 Å². The van der Waals surface area contributed by atoms with E-state index in [-0.39, 0.29) is 11.6 Å². The molecule has 2 fully saturated rings. The number of carbonyl (C=O) groups is 2. The van der Waals surface area contributed by atoms with E-state index in [2.05, 4.69) is 10.1 Å². The highest BCUT2D eigenvalue weighted by Gasteiger charge is 2.56. The number of nitrogens with one attached hydrogen (secondary N) is 1. The van der Waals surface area contributed by atoms with Crippen LogP contribution in [0.3, 0.4) is 0 Å². The molecule has 0 radical (unpaired) electrons. The van der Waals surface area contributed by atoms with Crippen molar-refractivity contribution in [1.82, 2.24) is 4.90 Å². The summed E-state index contributed by atoms with van der Waals surface area (Å²) in [4.78, 5) is 26.5. The monoisotopic (exact) mass is 422 g/mol. The molecule has 2 saturated heterocycles. The molecule has 1 N–H and O–H groups in total. The first kappa shape index (κ1) is 19.6. The molecule has 0 unspecified atom stereocenters. The van der Waals surface area contributed by atoms with Crippen LogP contribution in [0.2, 0.25) is 0 Å². The van der Waals surface area contributed by atoms with Crippen molar-refractivity contribution in [1.29, 1.82) is 0 Å². The third-order valence-electron chi connectivity index (χ3n) is 4.99. The second-order valence-corrected chi connectivity index (χ2v) is 8.10. The average Bonchev–Trinajstić information content (AvgIpc) is 3.21. The highest BCUT2D eigenvalue weighted by molar-refractivity contribution is 8.00. The fourth-order valence-electron chi connectivity index (χ4n) is 3.83. The van der Waals surface area contributed by atoms with Crippen LogP contribution in [0.5, 0.6) is 5.75 Å². The van der Waals surface area contributed by atoms with Crippen LogP contribution in [0.1, 0.15) is 18.4 Å². The fourth-order valence-corrected chi connectivity index (χ4v) is 5.48. The first-order valence-corrected chi connectivity index (χ1v) is 9.95. The zero-order chi connectivity index (χ0) is 20.6. The summed E-state index contributed by atoms with van der Waals surface area (Å²) in [5, 5.41) is 2.62. The number of ether oxygens (including phenoxy) is 1. The molecule has 0 aromatic heterocycles. The Bertz CT molecular complexity index is 938. The predicted octanol–water partition coefficient (Wildman–Crippen LogP) is 4.11. The molecule has 9 heteroatoms. The molecule has 2 aromatic carbocycles. The lowest BCUT2D eigenvalue weighted by Gasteiger charge is -2.34. The van der Waals surface area contributed by atoms with Gasteiger partial charge < -0.3 is 15.0 Å². The van der Waals surface area contributed by atoms with Gasteiger partial charge in [-0.1, -0.05) is 36.4 Å². The number of nitrogens with zero attached hydrogens (tertiary/aromatic N) is 1. The minimum absolute atomic E-state index is 0.104. The summed E-state index contributed by atoms with van der Waals surface area (Å²) in [7, 11) is 0. The van der Waals surface area contributed by atoms with E-state index in [1.807, 2.05) is 30.3 Å². The van der Waals surface area contributed by atoms with E-state index in [0.717, 1.165) is 17.7 Å². The first-order chi connectivity index (χ1) is 13.8. The number of amides is 2. The first-order valence-electron chi connectivity index (χ1n) is 8.97. The van der Waals surface area contributed by atoms with E-state index in [4.69, 9.17) is 0 Å². The van der Waals surface area contributed by atoms with Gasteiger partial charge in [0.25, 0.3) is 0 Å². The second kappa shape index (κ2) is 7.29. The van der Waals surface area contributed by atoms with Crippen molar-refractivity contribution in [2.75, 3.05) is 11.1 Å². The maximum atomic E-state index is 12.9. The van der Waals surface area contributed by atoms with Crippen molar-refractivity contribution in [3.63, 3.8) is 0 Å². The van der Waals surface area contributed by atoms with Crippen LogP contribution < -0.4 is 10.1 Å². The number of fused-ring (bicyclic) bond motifs is 1. The Hall–Kier alpha value is -2.68. The minimum atomic E-state index is -4.82. The number of hydrogen-bond donors (Lipinski definition) is 1. The van der Waals surface area contributed by atoms with E-state index in [9.17, 15) is 22.8 Å². The number of carbonyl (C=O) groups excluding carboxylic acids is 2. The van der Waals surface area contributed by atoms with Crippen LogP contribution in [-0.2, 0) is 14.5 Å². The Labute approximate surface area is 169 Å². The number of anilines is 1. The van der Waals surface area contributed by atoms with Crippen LogP contribution >= 0.6 is 11.8 Å². The lowest BCUT2D eigenvalue weighted by molar-refractivity contribution is -0.274. The number of rotatable bonds is 4. The van der Waals surface area contributed by atoms with Crippen LogP contribution in [0.4, 0.5) is 18.9 Å². The van der Waals surface area contributed by atoms with Gasteiger partial charge in [0, 0.05) is 23.9 Å². The molecule has 0 saturated carbocycles. The van der Waals surface area contributed by atoms with Gasteiger partial charge in [-0.15, -0.1) is 24.9 Å². The van der Waals surface area contributed by atoms with Crippen molar-refractivity contribution in [3.8, 4) is 5.75 Å².